The van der Waals surface area contributed by atoms with Crippen LogP contribution in [-0.2, 0) is 9.59 Å². The zero-order chi connectivity index (χ0) is 20.8. The van der Waals surface area contributed by atoms with Crippen molar-refractivity contribution in [1.29, 1.82) is 0 Å². The van der Waals surface area contributed by atoms with Gasteiger partial charge >= 0.3 is 0 Å². The van der Waals surface area contributed by atoms with Crippen LogP contribution >= 0.6 is 11.8 Å². The number of benzene rings is 2. The van der Waals surface area contributed by atoms with Crippen LogP contribution in [0, 0.1) is 10.1 Å². The Kier molecular flexibility index (Phi) is 6.40. The van der Waals surface area contributed by atoms with E-state index in [9.17, 15) is 19.7 Å². The second-order valence-electron chi connectivity index (χ2n) is 6.10. The molecule has 1 fully saturated rings. The average molecular weight is 410 g/mol. The number of thioether (sulfide) groups is 1. The fraction of sp³-hybridized carbons (Fsp3) is 0.150. The molecule has 1 atom stereocenters. The Morgan fingerprint density at radius 3 is 2.62 bits per heavy atom. The van der Waals surface area contributed by atoms with Crippen LogP contribution in [0.15, 0.2) is 72.2 Å². The zero-order valence-electron chi connectivity index (χ0n) is 15.4. The third-order valence-electron chi connectivity index (χ3n) is 4.05. The lowest BCUT2D eigenvalue weighted by molar-refractivity contribution is -0.384. The summed E-state index contributed by atoms with van der Waals surface area (Å²) in [5.41, 5.74) is 0.637. The molecule has 2 amide bonds. The van der Waals surface area contributed by atoms with Crippen LogP contribution in [0.2, 0.25) is 0 Å². The number of nitrogens with zero attached hydrogens (tertiary/aromatic N) is 3. The van der Waals surface area contributed by atoms with Crippen molar-refractivity contribution < 1.29 is 14.5 Å². The number of nitro groups is 1. The maximum Gasteiger partial charge on any atom is 0.294 e. The molecule has 3 rings (SSSR count). The Morgan fingerprint density at radius 1 is 1.24 bits per heavy atom. The molecular formula is C20H18N4O4S. The van der Waals surface area contributed by atoms with Crippen molar-refractivity contribution >= 4 is 45.8 Å². The lowest BCUT2D eigenvalue weighted by atomic mass is 10.2. The normalized spacial score (nSPS) is 17.4. The average Bonchev–Trinajstić information content (AvgIpc) is 2.98. The number of aliphatic imine (C=N–C) groups is 1. The molecule has 0 spiro atoms. The van der Waals surface area contributed by atoms with Gasteiger partial charge in [-0.2, -0.15) is 0 Å². The summed E-state index contributed by atoms with van der Waals surface area (Å²) in [5.74, 6) is -0.581. The van der Waals surface area contributed by atoms with Crippen molar-refractivity contribution in [2.45, 2.75) is 11.7 Å². The van der Waals surface area contributed by atoms with Crippen LogP contribution in [0.4, 0.5) is 17.1 Å². The van der Waals surface area contributed by atoms with E-state index in [1.54, 1.807) is 42.5 Å². The minimum atomic E-state index is -0.666. The Labute approximate surface area is 171 Å². The molecule has 0 aliphatic carbocycles. The molecule has 0 radical (unpaired) electrons. The number of carbonyl (C=O) groups is 2. The van der Waals surface area contributed by atoms with Gasteiger partial charge in [-0.25, -0.2) is 4.99 Å². The van der Waals surface area contributed by atoms with E-state index >= 15 is 0 Å². The molecule has 0 unspecified atom stereocenters. The monoisotopic (exact) mass is 410 g/mol. The van der Waals surface area contributed by atoms with Crippen LogP contribution in [0.1, 0.15) is 6.42 Å². The number of amides is 2. The lowest BCUT2D eigenvalue weighted by Crippen LogP contribution is -2.33. The molecule has 8 nitrogen and oxygen atoms in total. The Balaban J connectivity index is 1.80. The Hall–Kier alpha value is -3.46. The number of carbonyl (C=O) groups excluding carboxylic acids is 2. The lowest BCUT2D eigenvalue weighted by Gasteiger charge is -2.13. The highest BCUT2D eigenvalue weighted by Crippen LogP contribution is 2.34. The van der Waals surface area contributed by atoms with Gasteiger partial charge in [0.25, 0.3) is 5.69 Å². The summed E-state index contributed by atoms with van der Waals surface area (Å²) in [4.78, 5) is 41.5. The van der Waals surface area contributed by atoms with E-state index in [0.29, 0.717) is 10.9 Å². The van der Waals surface area contributed by atoms with Crippen LogP contribution < -0.4 is 5.32 Å². The molecule has 148 valence electrons. The maximum absolute atomic E-state index is 12.8. The SMILES string of the molecule is C=CCN1C(=O)[C@@H](CC(=O)Nc2ccccc2)SC1=Nc1ccccc1[N+](=O)[O-]. The summed E-state index contributed by atoms with van der Waals surface area (Å²) in [6, 6.07) is 15.0. The molecule has 9 heteroatoms. The second kappa shape index (κ2) is 9.16. The molecule has 29 heavy (non-hydrogen) atoms. The quantitative estimate of drug-likeness (QED) is 0.425. The number of rotatable bonds is 7. The summed E-state index contributed by atoms with van der Waals surface area (Å²) in [6.45, 7) is 3.84. The summed E-state index contributed by atoms with van der Waals surface area (Å²) in [5, 5.41) is 13.6. The van der Waals surface area contributed by atoms with Crippen molar-refractivity contribution in [3.05, 3.63) is 77.4 Å². The fourth-order valence-electron chi connectivity index (χ4n) is 2.74. The number of nitro benzene ring substituents is 1. The summed E-state index contributed by atoms with van der Waals surface area (Å²) >= 11 is 1.12. The van der Waals surface area contributed by atoms with E-state index in [-0.39, 0.29) is 36.2 Å². The molecule has 1 N–H and O–H groups in total. The van der Waals surface area contributed by atoms with Crippen molar-refractivity contribution in [2.75, 3.05) is 11.9 Å². The first-order valence-electron chi connectivity index (χ1n) is 8.75. The van der Waals surface area contributed by atoms with Crippen LogP contribution in [-0.4, -0.2) is 38.6 Å². The Bertz CT molecular complexity index is 977. The van der Waals surface area contributed by atoms with Crippen LogP contribution in [0.3, 0.4) is 0 Å². The van der Waals surface area contributed by atoms with Gasteiger partial charge in [0.05, 0.1) is 4.92 Å². The van der Waals surface area contributed by atoms with Gasteiger partial charge in [0.2, 0.25) is 11.8 Å². The number of hydrogen-bond donors (Lipinski definition) is 1. The first-order valence-corrected chi connectivity index (χ1v) is 9.63. The fourth-order valence-corrected chi connectivity index (χ4v) is 3.90. The van der Waals surface area contributed by atoms with E-state index in [1.165, 1.54) is 17.0 Å². The van der Waals surface area contributed by atoms with Gasteiger partial charge in [-0.15, -0.1) is 6.58 Å². The van der Waals surface area contributed by atoms with E-state index in [1.807, 2.05) is 6.07 Å². The van der Waals surface area contributed by atoms with E-state index < -0.39 is 10.2 Å². The topological polar surface area (TPSA) is 105 Å². The Morgan fingerprint density at radius 2 is 1.93 bits per heavy atom. The highest BCUT2D eigenvalue weighted by molar-refractivity contribution is 8.15. The molecule has 2 aromatic rings. The first kappa shape index (κ1) is 20.3. The highest BCUT2D eigenvalue weighted by atomic mass is 32.2. The number of anilines is 1. The molecule has 2 aromatic carbocycles. The first-order chi connectivity index (χ1) is 14.0. The minimum absolute atomic E-state index is 0.0397. The molecular weight excluding hydrogens is 392 g/mol. The van der Waals surface area contributed by atoms with E-state index in [0.717, 1.165) is 11.8 Å². The smallest absolute Gasteiger partial charge is 0.294 e. The second-order valence-corrected chi connectivity index (χ2v) is 7.27. The van der Waals surface area contributed by atoms with E-state index in [2.05, 4.69) is 16.9 Å². The van der Waals surface area contributed by atoms with Gasteiger partial charge in [0.15, 0.2) is 5.17 Å². The summed E-state index contributed by atoms with van der Waals surface area (Å²) in [6.07, 6.45) is 1.50. The highest BCUT2D eigenvalue weighted by Gasteiger charge is 2.39. The van der Waals surface area contributed by atoms with Gasteiger partial charge < -0.3 is 5.32 Å². The number of nitrogens with one attached hydrogen (secondary N) is 1. The molecule has 1 saturated heterocycles. The molecule has 0 saturated carbocycles. The van der Waals surface area contributed by atoms with Gasteiger partial charge in [-0.3, -0.25) is 24.6 Å². The minimum Gasteiger partial charge on any atom is -0.326 e. The molecule has 0 aromatic heterocycles. The number of amidine groups is 1. The van der Waals surface area contributed by atoms with Gasteiger partial charge in [0.1, 0.15) is 10.9 Å². The predicted molar refractivity (Wildman–Crippen MR) is 113 cm³/mol. The predicted octanol–water partition coefficient (Wildman–Crippen LogP) is 3.74. The third kappa shape index (κ3) is 4.88. The van der Waals surface area contributed by atoms with Gasteiger partial charge in [-0.1, -0.05) is 48.2 Å². The van der Waals surface area contributed by atoms with Crippen molar-refractivity contribution in [2.24, 2.45) is 4.99 Å². The van der Waals surface area contributed by atoms with Gasteiger partial charge in [-0.05, 0) is 18.2 Å². The molecule has 1 aliphatic rings. The van der Waals surface area contributed by atoms with Crippen LogP contribution in [0.25, 0.3) is 0 Å². The van der Waals surface area contributed by atoms with Gasteiger partial charge in [0, 0.05) is 24.7 Å². The van der Waals surface area contributed by atoms with Crippen LogP contribution in [0.5, 0.6) is 0 Å². The van der Waals surface area contributed by atoms with Crippen molar-refractivity contribution in [3.63, 3.8) is 0 Å². The molecule has 1 heterocycles. The van der Waals surface area contributed by atoms with Crippen molar-refractivity contribution in [3.8, 4) is 0 Å². The summed E-state index contributed by atoms with van der Waals surface area (Å²) < 4.78 is 0. The maximum atomic E-state index is 12.8. The zero-order valence-corrected chi connectivity index (χ0v) is 16.2. The molecule has 0 bridgehead atoms. The summed E-state index contributed by atoms with van der Waals surface area (Å²) in [7, 11) is 0. The number of hydrogen-bond acceptors (Lipinski definition) is 6. The largest absolute Gasteiger partial charge is 0.326 e. The number of para-hydroxylation sites is 3. The standard InChI is InChI=1S/C20H18N4O4S/c1-2-12-23-19(26)17(13-18(25)21-14-8-4-3-5-9-14)29-20(23)22-15-10-6-7-11-16(15)24(27)28/h2-11,17H,1,12-13H2,(H,21,25)/t17-/m1/s1. The van der Waals surface area contributed by atoms with E-state index in [4.69, 9.17) is 0 Å². The van der Waals surface area contributed by atoms with Crippen molar-refractivity contribution in [1.82, 2.24) is 4.90 Å². The third-order valence-corrected chi connectivity index (χ3v) is 5.23. The molecule has 1 aliphatic heterocycles.